The molecule has 3 aromatic rings. The van der Waals surface area contributed by atoms with Crippen LogP contribution in [0, 0.1) is 0 Å². The Morgan fingerprint density at radius 3 is 2.62 bits per heavy atom. The van der Waals surface area contributed by atoms with E-state index in [1.54, 1.807) is 19.1 Å². The van der Waals surface area contributed by atoms with E-state index in [1.165, 1.54) is 17.4 Å². The Balaban J connectivity index is 1.48. The minimum absolute atomic E-state index is 0.136. The van der Waals surface area contributed by atoms with Crippen LogP contribution >= 0.6 is 46.1 Å². The standard InChI is InChI=1S/C20H16Cl3NO4S/c1-11(28-17(25)10-27-15-7-6-12(21)8-14(15)22)9-24-20(26)19-18(23)13-4-2-3-5-16(13)29-19/h2-8,11H,9-10H2,1H3,(H,24,26)/t11-/m0/s1. The smallest absolute Gasteiger partial charge is 0.344 e. The van der Waals surface area contributed by atoms with Crippen LogP contribution in [0.1, 0.15) is 16.6 Å². The zero-order valence-corrected chi connectivity index (χ0v) is 18.3. The molecule has 5 nitrogen and oxygen atoms in total. The number of thiophene rings is 1. The third-order valence-corrected chi connectivity index (χ3v) is 6.07. The molecule has 0 fully saturated rings. The Morgan fingerprint density at radius 1 is 1.14 bits per heavy atom. The van der Waals surface area contributed by atoms with E-state index in [9.17, 15) is 9.59 Å². The minimum atomic E-state index is -0.585. The van der Waals surface area contributed by atoms with Gasteiger partial charge in [0.05, 0.1) is 16.6 Å². The summed E-state index contributed by atoms with van der Waals surface area (Å²) in [4.78, 5) is 24.8. The van der Waals surface area contributed by atoms with Gasteiger partial charge in [0, 0.05) is 15.1 Å². The van der Waals surface area contributed by atoms with Crippen LogP contribution in [0.4, 0.5) is 0 Å². The van der Waals surface area contributed by atoms with Crippen molar-refractivity contribution in [2.45, 2.75) is 13.0 Å². The average Bonchev–Trinajstić information content (AvgIpc) is 3.02. The molecule has 1 aromatic heterocycles. The predicted octanol–water partition coefficient (Wildman–Crippen LogP) is 5.60. The Labute approximate surface area is 186 Å². The number of benzene rings is 2. The third kappa shape index (κ3) is 5.54. The van der Waals surface area contributed by atoms with Crippen molar-refractivity contribution in [3.05, 3.63) is 62.4 Å². The molecule has 0 saturated heterocycles. The first-order valence-corrected chi connectivity index (χ1v) is 10.5. The van der Waals surface area contributed by atoms with Crippen molar-refractivity contribution in [1.82, 2.24) is 5.32 Å². The SMILES string of the molecule is C[C@@H](CNC(=O)c1sc2ccccc2c1Cl)OC(=O)COc1ccc(Cl)cc1Cl. The highest BCUT2D eigenvalue weighted by Crippen LogP contribution is 2.35. The molecule has 152 valence electrons. The Morgan fingerprint density at radius 2 is 1.90 bits per heavy atom. The highest BCUT2D eigenvalue weighted by molar-refractivity contribution is 7.21. The molecule has 0 unspecified atom stereocenters. The van der Waals surface area contributed by atoms with Crippen molar-refractivity contribution in [2.24, 2.45) is 0 Å². The molecule has 1 atom stereocenters. The lowest BCUT2D eigenvalue weighted by atomic mass is 10.2. The molecule has 1 amide bonds. The quantitative estimate of drug-likeness (QED) is 0.454. The topological polar surface area (TPSA) is 64.6 Å². The second kappa shape index (κ2) is 9.67. The molecule has 0 aliphatic carbocycles. The van der Waals surface area contributed by atoms with Gasteiger partial charge in [0.2, 0.25) is 0 Å². The lowest BCUT2D eigenvalue weighted by molar-refractivity contribution is -0.150. The van der Waals surface area contributed by atoms with Crippen molar-refractivity contribution in [3.8, 4) is 5.75 Å². The Hall–Kier alpha value is -1.99. The van der Waals surface area contributed by atoms with Gasteiger partial charge in [0.1, 0.15) is 16.7 Å². The van der Waals surface area contributed by atoms with E-state index in [1.807, 2.05) is 24.3 Å². The number of halogens is 3. The average molecular weight is 473 g/mol. The Bertz CT molecular complexity index is 1050. The van der Waals surface area contributed by atoms with Crippen LogP contribution in [0.5, 0.6) is 5.75 Å². The van der Waals surface area contributed by atoms with Gasteiger partial charge in [-0.2, -0.15) is 0 Å². The van der Waals surface area contributed by atoms with E-state index in [4.69, 9.17) is 44.3 Å². The van der Waals surface area contributed by atoms with Crippen LogP contribution in [0.25, 0.3) is 10.1 Å². The number of ether oxygens (including phenoxy) is 2. The number of fused-ring (bicyclic) bond motifs is 1. The second-order valence-electron chi connectivity index (χ2n) is 6.12. The van der Waals surface area contributed by atoms with E-state index in [-0.39, 0.29) is 19.1 Å². The monoisotopic (exact) mass is 471 g/mol. The lowest BCUT2D eigenvalue weighted by Crippen LogP contribution is -2.34. The summed E-state index contributed by atoms with van der Waals surface area (Å²) in [6.07, 6.45) is -0.552. The number of esters is 1. The van der Waals surface area contributed by atoms with Gasteiger partial charge >= 0.3 is 5.97 Å². The number of carbonyl (C=O) groups excluding carboxylic acids is 2. The molecule has 0 radical (unpaired) electrons. The molecule has 0 saturated carbocycles. The summed E-state index contributed by atoms with van der Waals surface area (Å²) in [6.45, 7) is 1.48. The number of nitrogens with one attached hydrogen (secondary N) is 1. The third-order valence-electron chi connectivity index (χ3n) is 3.86. The van der Waals surface area contributed by atoms with Crippen molar-refractivity contribution in [1.29, 1.82) is 0 Å². The molecule has 29 heavy (non-hydrogen) atoms. The first-order chi connectivity index (χ1) is 13.8. The van der Waals surface area contributed by atoms with Gasteiger partial charge in [0.15, 0.2) is 6.61 Å². The fraction of sp³-hybridized carbons (Fsp3) is 0.200. The predicted molar refractivity (Wildman–Crippen MR) is 117 cm³/mol. The van der Waals surface area contributed by atoms with Gasteiger partial charge in [-0.05, 0) is 31.2 Å². The fourth-order valence-electron chi connectivity index (χ4n) is 2.51. The minimum Gasteiger partial charge on any atom is -0.480 e. The van der Waals surface area contributed by atoms with Gasteiger partial charge in [-0.25, -0.2) is 4.79 Å². The first kappa shape index (κ1) is 21.7. The maximum atomic E-state index is 12.4. The molecular weight excluding hydrogens is 457 g/mol. The van der Waals surface area contributed by atoms with E-state index in [0.717, 1.165) is 10.1 Å². The molecule has 1 heterocycles. The van der Waals surface area contributed by atoms with E-state index >= 15 is 0 Å². The largest absolute Gasteiger partial charge is 0.480 e. The maximum Gasteiger partial charge on any atom is 0.344 e. The zero-order valence-electron chi connectivity index (χ0n) is 15.2. The molecule has 0 spiro atoms. The fourth-order valence-corrected chi connectivity index (χ4v) is 4.40. The normalized spacial score (nSPS) is 11.9. The van der Waals surface area contributed by atoms with E-state index < -0.39 is 12.1 Å². The molecule has 2 aromatic carbocycles. The van der Waals surface area contributed by atoms with Crippen LogP contribution < -0.4 is 10.1 Å². The highest BCUT2D eigenvalue weighted by atomic mass is 35.5. The summed E-state index contributed by atoms with van der Waals surface area (Å²) in [7, 11) is 0. The summed E-state index contributed by atoms with van der Waals surface area (Å²) in [5.41, 5.74) is 0. The van der Waals surface area contributed by atoms with Gasteiger partial charge in [-0.3, -0.25) is 4.79 Å². The number of hydrogen-bond donors (Lipinski definition) is 1. The van der Waals surface area contributed by atoms with Gasteiger partial charge in [-0.15, -0.1) is 11.3 Å². The van der Waals surface area contributed by atoms with Crippen LogP contribution in [0.3, 0.4) is 0 Å². The number of carbonyl (C=O) groups is 2. The molecular formula is C20H16Cl3NO4S. The molecule has 1 N–H and O–H groups in total. The van der Waals surface area contributed by atoms with E-state index in [2.05, 4.69) is 5.32 Å². The van der Waals surface area contributed by atoms with Gasteiger partial charge < -0.3 is 14.8 Å². The zero-order chi connectivity index (χ0) is 21.0. The van der Waals surface area contributed by atoms with Crippen molar-refractivity contribution in [2.75, 3.05) is 13.2 Å². The van der Waals surface area contributed by atoms with Crippen LogP contribution in [-0.4, -0.2) is 31.1 Å². The van der Waals surface area contributed by atoms with Crippen LogP contribution in [0.2, 0.25) is 15.1 Å². The summed E-state index contributed by atoms with van der Waals surface area (Å²) >= 11 is 19.4. The first-order valence-electron chi connectivity index (χ1n) is 8.57. The Kier molecular flexibility index (Phi) is 7.24. The maximum absolute atomic E-state index is 12.4. The molecule has 0 aliphatic rings. The van der Waals surface area contributed by atoms with Gasteiger partial charge in [-0.1, -0.05) is 53.0 Å². The highest BCUT2D eigenvalue weighted by Gasteiger charge is 2.18. The lowest BCUT2D eigenvalue weighted by Gasteiger charge is -2.14. The second-order valence-corrected chi connectivity index (χ2v) is 8.39. The molecule has 0 aliphatic heterocycles. The van der Waals surface area contributed by atoms with Crippen molar-refractivity contribution in [3.63, 3.8) is 0 Å². The van der Waals surface area contributed by atoms with Gasteiger partial charge in [0.25, 0.3) is 5.91 Å². The number of amides is 1. The van der Waals surface area contributed by atoms with Crippen molar-refractivity contribution < 1.29 is 19.1 Å². The molecule has 9 heteroatoms. The van der Waals surface area contributed by atoms with Crippen molar-refractivity contribution >= 4 is 68.1 Å². The molecule has 3 rings (SSSR count). The number of hydrogen-bond acceptors (Lipinski definition) is 5. The van der Waals surface area contributed by atoms with Crippen LogP contribution in [-0.2, 0) is 9.53 Å². The summed E-state index contributed by atoms with van der Waals surface area (Å²) in [5, 5.41) is 4.74. The molecule has 0 bridgehead atoms. The number of rotatable bonds is 7. The van der Waals surface area contributed by atoms with E-state index in [0.29, 0.717) is 25.7 Å². The summed E-state index contributed by atoms with van der Waals surface area (Å²) < 4.78 is 11.5. The summed E-state index contributed by atoms with van der Waals surface area (Å²) in [6, 6.07) is 12.2. The summed E-state index contributed by atoms with van der Waals surface area (Å²) in [5.74, 6) is -0.575. The van der Waals surface area contributed by atoms with Crippen LogP contribution in [0.15, 0.2) is 42.5 Å².